The van der Waals surface area contributed by atoms with Crippen molar-refractivity contribution in [1.29, 1.82) is 0 Å². The lowest BCUT2D eigenvalue weighted by molar-refractivity contribution is -0.122. The molecule has 0 aromatic carbocycles. The van der Waals surface area contributed by atoms with E-state index in [1.165, 1.54) is 0 Å². The minimum absolute atomic E-state index is 0.00632. The Balaban J connectivity index is 2.23. The van der Waals surface area contributed by atoms with Gasteiger partial charge >= 0.3 is 0 Å². The molecule has 0 saturated heterocycles. The van der Waals surface area contributed by atoms with Gasteiger partial charge in [0.05, 0.1) is 16.9 Å². The molecule has 3 rings (SSSR count). The molecule has 21 heavy (non-hydrogen) atoms. The quantitative estimate of drug-likeness (QED) is 0.942. The van der Waals surface area contributed by atoms with Gasteiger partial charge in [-0.2, -0.15) is 10.2 Å². The fraction of sp³-hybridized carbons (Fsp3) is 0.438. The standard InChI is InChI=1S/C16H20N4O/c1-4-11-9-13(21)17-18-16(11)14-12-7-5-6-8-20(12)19-15(14)10(2)3/h5-8,10-11H,4,9H2,1-3H3,(H,17,21). The van der Waals surface area contributed by atoms with E-state index in [2.05, 4.69) is 37.4 Å². The number of rotatable bonds is 3. The highest BCUT2D eigenvalue weighted by molar-refractivity contribution is 6.11. The zero-order valence-corrected chi connectivity index (χ0v) is 12.6. The molecule has 0 fully saturated rings. The number of hydrazone groups is 1. The van der Waals surface area contributed by atoms with E-state index in [-0.39, 0.29) is 11.8 Å². The molecule has 5 nitrogen and oxygen atoms in total. The Morgan fingerprint density at radius 3 is 2.95 bits per heavy atom. The van der Waals surface area contributed by atoms with E-state index in [1.807, 2.05) is 22.8 Å². The van der Waals surface area contributed by atoms with E-state index in [1.54, 1.807) is 0 Å². The number of pyridine rings is 1. The van der Waals surface area contributed by atoms with Crippen LogP contribution in [-0.2, 0) is 4.79 Å². The number of nitrogens with one attached hydrogen (secondary N) is 1. The summed E-state index contributed by atoms with van der Waals surface area (Å²) in [4.78, 5) is 11.6. The van der Waals surface area contributed by atoms with Crippen LogP contribution in [0.4, 0.5) is 0 Å². The van der Waals surface area contributed by atoms with Crippen molar-refractivity contribution in [2.75, 3.05) is 0 Å². The Morgan fingerprint density at radius 1 is 1.43 bits per heavy atom. The van der Waals surface area contributed by atoms with E-state index in [4.69, 9.17) is 5.10 Å². The van der Waals surface area contributed by atoms with Crippen LogP contribution in [-0.4, -0.2) is 21.2 Å². The first-order chi connectivity index (χ1) is 10.1. The molecule has 0 aliphatic carbocycles. The monoisotopic (exact) mass is 284 g/mol. The van der Waals surface area contributed by atoms with Crippen molar-refractivity contribution in [3.8, 4) is 0 Å². The average molecular weight is 284 g/mol. The van der Waals surface area contributed by atoms with Gasteiger partial charge in [-0.25, -0.2) is 9.94 Å². The number of carbonyl (C=O) groups excluding carboxylic acids is 1. The molecule has 0 radical (unpaired) electrons. The van der Waals surface area contributed by atoms with Gasteiger partial charge in [0, 0.05) is 24.1 Å². The molecular weight excluding hydrogens is 264 g/mol. The van der Waals surface area contributed by atoms with Crippen molar-refractivity contribution >= 4 is 17.1 Å². The normalized spacial score (nSPS) is 19.0. The highest BCUT2D eigenvalue weighted by atomic mass is 16.2. The third kappa shape index (κ3) is 2.33. The number of aromatic nitrogens is 2. The van der Waals surface area contributed by atoms with Crippen LogP contribution in [0.3, 0.4) is 0 Å². The molecule has 1 unspecified atom stereocenters. The first-order valence-corrected chi connectivity index (χ1v) is 7.45. The maximum atomic E-state index is 11.6. The van der Waals surface area contributed by atoms with Gasteiger partial charge in [-0.1, -0.05) is 26.8 Å². The summed E-state index contributed by atoms with van der Waals surface area (Å²) in [5.41, 5.74) is 6.76. The maximum Gasteiger partial charge on any atom is 0.240 e. The minimum Gasteiger partial charge on any atom is -0.273 e. The van der Waals surface area contributed by atoms with Crippen molar-refractivity contribution in [3.05, 3.63) is 35.7 Å². The molecular formula is C16H20N4O. The molecule has 1 atom stereocenters. The Bertz CT molecular complexity index is 714. The zero-order chi connectivity index (χ0) is 15.0. The van der Waals surface area contributed by atoms with Gasteiger partial charge in [-0.3, -0.25) is 4.79 Å². The zero-order valence-electron chi connectivity index (χ0n) is 12.6. The Labute approximate surface area is 124 Å². The predicted molar refractivity (Wildman–Crippen MR) is 82.4 cm³/mol. The van der Waals surface area contributed by atoms with Crippen molar-refractivity contribution in [2.45, 2.75) is 39.5 Å². The van der Waals surface area contributed by atoms with Crippen LogP contribution < -0.4 is 5.43 Å². The Hall–Kier alpha value is -2.17. The average Bonchev–Trinajstić information content (AvgIpc) is 2.86. The first-order valence-electron chi connectivity index (χ1n) is 7.45. The summed E-state index contributed by atoms with van der Waals surface area (Å²) in [5.74, 6) is 0.454. The van der Waals surface area contributed by atoms with Crippen LogP contribution in [0.15, 0.2) is 29.5 Å². The van der Waals surface area contributed by atoms with Gasteiger partial charge in [-0.05, 0) is 24.5 Å². The number of fused-ring (bicyclic) bond motifs is 1. The number of amides is 1. The summed E-state index contributed by atoms with van der Waals surface area (Å²) in [7, 11) is 0. The van der Waals surface area contributed by atoms with Crippen molar-refractivity contribution < 1.29 is 4.79 Å². The topological polar surface area (TPSA) is 58.8 Å². The molecule has 1 amide bonds. The van der Waals surface area contributed by atoms with Crippen LogP contribution in [0.5, 0.6) is 0 Å². The molecule has 5 heteroatoms. The molecule has 1 aliphatic rings. The second-order valence-corrected chi connectivity index (χ2v) is 5.79. The largest absolute Gasteiger partial charge is 0.273 e. The van der Waals surface area contributed by atoms with Gasteiger partial charge in [0.25, 0.3) is 0 Å². The molecule has 0 saturated carbocycles. The van der Waals surface area contributed by atoms with Crippen LogP contribution in [0.25, 0.3) is 5.52 Å². The number of carbonyl (C=O) groups is 1. The summed E-state index contributed by atoms with van der Waals surface area (Å²) >= 11 is 0. The number of nitrogens with zero attached hydrogens (tertiary/aromatic N) is 3. The molecule has 110 valence electrons. The minimum atomic E-state index is -0.00632. The van der Waals surface area contributed by atoms with E-state index < -0.39 is 0 Å². The van der Waals surface area contributed by atoms with E-state index >= 15 is 0 Å². The van der Waals surface area contributed by atoms with E-state index in [0.29, 0.717) is 12.3 Å². The van der Waals surface area contributed by atoms with Crippen LogP contribution in [0, 0.1) is 5.92 Å². The van der Waals surface area contributed by atoms with Gasteiger partial charge in [0.2, 0.25) is 5.91 Å². The SMILES string of the molecule is CCC1CC(=O)NN=C1c1c(C(C)C)nn2ccccc12. The molecule has 0 bridgehead atoms. The number of hydrogen-bond donors (Lipinski definition) is 1. The first kappa shape index (κ1) is 13.8. The highest BCUT2D eigenvalue weighted by Crippen LogP contribution is 2.29. The lowest BCUT2D eigenvalue weighted by Crippen LogP contribution is -2.33. The Kier molecular flexibility index (Phi) is 3.49. The molecule has 2 aromatic heterocycles. The summed E-state index contributed by atoms with van der Waals surface area (Å²) in [6.45, 7) is 6.36. The lowest BCUT2D eigenvalue weighted by atomic mass is 9.88. The van der Waals surface area contributed by atoms with Gasteiger partial charge in [0.15, 0.2) is 0 Å². The second-order valence-electron chi connectivity index (χ2n) is 5.79. The van der Waals surface area contributed by atoms with Crippen molar-refractivity contribution in [2.24, 2.45) is 11.0 Å². The maximum absolute atomic E-state index is 11.6. The summed E-state index contributed by atoms with van der Waals surface area (Å²) in [6.07, 6.45) is 3.35. The lowest BCUT2D eigenvalue weighted by Gasteiger charge is -2.22. The molecule has 3 heterocycles. The predicted octanol–water partition coefficient (Wildman–Crippen LogP) is 2.71. The van der Waals surface area contributed by atoms with E-state index in [9.17, 15) is 4.79 Å². The fourth-order valence-corrected chi connectivity index (χ4v) is 2.86. The fourth-order valence-electron chi connectivity index (χ4n) is 2.86. The third-order valence-electron chi connectivity index (χ3n) is 3.98. The summed E-state index contributed by atoms with van der Waals surface area (Å²) < 4.78 is 1.90. The summed E-state index contributed by atoms with van der Waals surface area (Å²) in [6, 6.07) is 6.03. The van der Waals surface area contributed by atoms with Crippen LogP contribution >= 0.6 is 0 Å². The van der Waals surface area contributed by atoms with Crippen molar-refractivity contribution in [3.63, 3.8) is 0 Å². The Morgan fingerprint density at radius 2 is 2.24 bits per heavy atom. The summed E-state index contributed by atoms with van der Waals surface area (Å²) in [5, 5.41) is 9.06. The van der Waals surface area contributed by atoms with Gasteiger partial charge < -0.3 is 0 Å². The van der Waals surface area contributed by atoms with Crippen molar-refractivity contribution in [1.82, 2.24) is 15.0 Å². The van der Waals surface area contributed by atoms with Crippen LogP contribution in [0.1, 0.15) is 50.8 Å². The van der Waals surface area contributed by atoms with Gasteiger partial charge in [-0.15, -0.1) is 0 Å². The molecule has 1 N–H and O–H groups in total. The highest BCUT2D eigenvalue weighted by Gasteiger charge is 2.29. The smallest absolute Gasteiger partial charge is 0.240 e. The third-order valence-corrected chi connectivity index (χ3v) is 3.98. The number of hydrogen-bond acceptors (Lipinski definition) is 3. The van der Waals surface area contributed by atoms with E-state index in [0.717, 1.165) is 28.9 Å². The second kappa shape index (κ2) is 5.31. The molecule has 0 spiro atoms. The van der Waals surface area contributed by atoms with Gasteiger partial charge in [0.1, 0.15) is 0 Å². The molecule has 2 aromatic rings. The van der Waals surface area contributed by atoms with Crippen LogP contribution in [0.2, 0.25) is 0 Å². The molecule has 1 aliphatic heterocycles.